The number of amides is 2. The summed E-state index contributed by atoms with van der Waals surface area (Å²) in [6.45, 7) is 1.39. The second kappa shape index (κ2) is 3.43. The van der Waals surface area contributed by atoms with E-state index in [1.54, 1.807) is 0 Å². The summed E-state index contributed by atoms with van der Waals surface area (Å²) in [5.74, 6) is -1.42. The normalized spacial score (nSPS) is 23.3. The maximum absolute atomic E-state index is 10.9. The fourth-order valence-electron chi connectivity index (χ4n) is 0.853. The van der Waals surface area contributed by atoms with Crippen molar-refractivity contribution in [3.63, 3.8) is 0 Å². The molecule has 13 heavy (non-hydrogen) atoms. The highest BCUT2D eigenvalue weighted by atomic mass is 32.2. The zero-order chi connectivity index (χ0) is 10.1. The lowest BCUT2D eigenvalue weighted by Gasteiger charge is -2.05. The van der Waals surface area contributed by atoms with Crippen LogP contribution >= 0.6 is 0 Å². The standard InChI is InChI=1S/C6H9NO5S/c1-2-13(10,11)12-4-3-5(8)7-6(4)9/h4H,2-3H2,1H3,(H,7,8,9). The molecule has 0 aromatic rings. The smallest absolute Gasteiger partial charge is 0.267 e. The molecular formula is C6H9NO5S. The highest BCUT2D eigenvalue weighted by Gasteiger charge is 2.34. The Bertz CT molecular complexity index is 333. The van der Waals surface area contributed by atoms with Gasteiger partial charge in [-0.25, -0.2) is 0 Å². The molecule has 6 nitrogen and oxygen atoms in total. The first kappa shape index (κ1) is 10.1. The highest BCUT2D eigenvalue weighted by molar-refractivity contribution is 7.86. The Labute approximate surface area is 75.4 Å². The SMILES string of the molecule is CCS(=O)(=O)OC1CC(=O)NC1=O. The molecule has 1 rings (SSSR count). The van der Waals surface area contributed by atoms with Gasteiger partial charge in [-0.2, -0.15) is 8.42 Å². The van der Waals surface area contributed by atoms with Gasteiger partial charge >= 0.3 is 0 Å². The molecule has 74 valence electrons. The average Bonchev–Trinajstić information content (AvgIpc) is 2.30. The number of hydrogen-bond donors (Lipinski definition) is 1. The molecule has 0 spiro atoms. The van der Waals surface area contributed by atoms with Crippen LogP contribution in [0.2, 0.25) is 0 Å². The number of imide groups is 1. The molecule has 0 aromatic heterocycles. The number of hydrogen-bond acceptors (Lipinski definition) is 5. The third-order valence-corrected chi connectivity index (χ3v) is 2.77. The molecule has 1 aliphatic rings. The van der Waals surface area contributed by atoms with Crippen LogP contribution < -0.4 is 5.32 Å². The first-order chi connectivity index (χ1) is 5.94. The minimum atomic E-state index is -3.67. The van der Waals surface area contributed by atoms with Crippen molar-refractivity contribution < 1.29 is 22.2 Å². The van der Waals surface area contributed by atoms with Crippen LogP contribution in [0.15, 0.2) is 0 Å². The van der Waals surface area contributed by atoms with Gasteiger partial charge in [0.05, 0.1) is 12.2 Å². The maximum Gasteiger partial charge on any atom is 0.267 e. The summed E-state index contributed by atoms with van der Waals surface area (Å²) >= 11 is 0. The minimum Gasteiger partial charge on any atom is -0.294 e. The zero-order valence-electron chi connectivity index (χ0n) is 6.94. The van der Waals surface area contributed by atoms with Gasteiger partial charge in [-0.3, -0.25) is 19.1 Å². The largest absolute Gasteiger partial charge is 0.294 e. The first-order valence-corrected chi connectivity index (χ1v) is 5.27. The molecule has 1 fully saturated rings. The molecule has 0 bridgehead atoms. The predicted molar refractivity (Wildman–Crippen MR) is 42.1 cm³/mol. The molecule has 1 aliphatic heterocycles. The molecular weight excluding hydrogens is 198 g/mol. The lowest BCUT2D eigenvalue weighted by Crippen LogP contribution is -2.28. The van der Waals surface area contributed by atoms with Crippen molar-refractivity contribution in [1.29, 1.82) is 0 Å². The van der Waals surface area contributed by atoms with E-state index < -0.39 is 28.0 Å². The van der Waals surface area contributed by atoms with E-state index in [1.165, 1.54) is 6.92 Å². The van der Waals surface area contributed by atoms with Crippen molar-refractivity contribution in [2.45, 2.75) is 19.4 Å². The molecule has 1 atom stereocenters. The van der Waals surface area contributed by atoms with Crippen molar-refractivity contribution in [3.8, 4) is 0 Å². The van der Waals surface area contributed by atoms with Crippen molar-refractivity contribution in [2.75, 3.05) is 5.75 Å². The van der Waals surface area contributed by atoms with Crippen LogP contribution in [0.3, 0.4) is 0 Å². The van der Waals surface area contributed by atoms with E-state index in [0.29, 0.717) is 0 Å². The number of nitrogens with one attached hydrogen (secondary N) is 1. The van der Waals surface area contributed by atoms with Gasteiger partial charge in [-0.1, -0.05) is 0 Å². The van der Waals surface area contributed by atoms with Gasteiger partial charge in [0.2, 0.25) is 5.91 Å². The van der Waals surface area contributed by atoms with Gasteiger partial charge in [0.1, 0.15) is 0 Å². The van der Waals surface area contributed by atoms with E-state index in [2.05, 4.69) is 4.18 Å². The summed E-state index contributed by atoms with van der Waals surface area (Å²) in [4.78, 5) is 21.5. The van der Waals surface area contributed by atoms with Crippen molar-refractivity contribution in [3.05, 3.63) is 0 Å². The lowest BCUT2D eigenvalue weighted by atomic mass is 10.3. The summed E-state index contributed by atoms with van der Waals surface area (Å²) in [5, 5.41) is 1.95. The molecule has 7 heteroatoms. The summed E-state index contributed by atoms with van der Waals surface area (Å²) in [6, 6.07) is 0. The topological polar surface area (TPSA) is 89.5 Å². The van der Waals surface area contributed by atoms with E-state index in [4.69, 9.17) is 0 Å². The first-order valence-electron chi connectivity index (χ1n) is 3.69. The Hall–Kier alpha value is -0.950. The average molecular weight is 207 g/mol. The molecule has 0 saturated carbocycles. The van der Waals surface area contributed by atoms with Gasteiger partial charge in [0.25, 0.3) is 16.0 Å². The van der Waals surface area contributed by atoms with E-state index in [9.17, 15) is 18.0 Å². The van der Waals surface area contributed by atoms with Gasteiger partial charge in [0, 0.05) is 0 Å². The molecule has 0 aliphatic carbocycles. The zero-order valence-corrected chi connectivity index (χ0v) is 7.76. The molecule has 1 unspecified atom stereocenters. The van der Waals surface area contributed by atoms with Crippen LogP contribution in [0.5, 0.6) is 0 Å². The van der Waals surface area contributed by atoms with E-state index in [-0.39, 0.29) is 12.2 Å². The molecule has 2 amide bonds. The summed E-state index contributed by atoms with van der Waals surface area (Å²) in [5.41, 5.74) is 0. The van der Waals surface area contributed by atoms with Crippen molar-refractivity contribution in [2.24, 2.45) is 0 Å². The van der Waals surface area contributed by atoms with Crippen molar-refractivity contribution in [1.82, 2.24) is 5.32 Å². The second-order valence-electron chi connectivity index (χ2n) is 2.55. The molecule has 1 N–H and O–H groups in total. The van der Waals surface area contributed by atoms with Crippen molar-refractivity contribution >= 4 is 21.9 Å². The Kier molecular flexibility index (Phi) is 2.67. The number of carbonyl (C=O) groups excluding carboxylic acids is 2. The van der Waals surface area contributed by atoms with Gasteiger partial charge < -0.3 is 0 Å². The maximum atomic E-state index is 10.9. The lowest BCUT2D eigenvalue weighted by molar-refractivity contribution is -0.126. The Morgan fingerprint density at radius 3 is 2.54 bits per heavy atom. The Balaban J connectivity index is 2.66. The van der Waals surface area contributed by atoms with Crippen LogP contribution in [0, 0.1) is 0 Å². The van der Waals surface area contributed by atoms with Gasteiger partial charge in [-0.05, 0) is 6.92 Å². The van der Waals surface area contributed by atoms with Crippen LogP contribution in [-0.2, 0) is 23.9 Å². The predicted octanol–water partition coefficient (Wildman–Crippen LogP) is -1.23. The summed E-state index contributed by atoms with van der Waals surface area (Å²) in [7, 11) is -3.67. The van der Waals surface area contributed by atoms with Crippen LogP contribution in [0.4, 0.5) is 0 Å². The number of carbonyl (C=O) groups is 2. The van der Waals surface area contributed by atoms with E-state index in [0.717, 1.165) is 0 Å². The Morgan fingerprint density at radius 1 is 1.54 bits per heavy atom. The number of rotatable bonds is 3. The third kappa shape index (κ3) is 2.49. The van der Waals surface area contributed by atoms with Gasteiger partial charge in [0.15, 0.2) is 6.10 Å². The van der Waals surface area contributed by atoms with E-state index >= 15 is 0 Å². The highest BCUT2D eigenvalue weighted by Crippen LogP contribution is 2.09. The van der Waals surface area contributed by atoms with Crippen LogP contribution in [0.25, 0.3) is 0 Å². The van der Waals surface area contributed by atoms with Gasteiger partial charge in [-0.15, -0.1) is 0 Å². The quantitative estimate of drug-likeness (QED) is 0.462. The van der Waals surface area contributed by atoms with Crippen LogP contribution in [0.1, 0.15) is 13.3 Å². The minimum absolute atomic E-state index is 0.217. The fraction of sp³-hybridized carbons (Fsp3) is 0.667. The summed E-state index contributed by atoms with van der Waals surface area (Å²) < 4.78 is 26.3. The van der Waals surface area contributed by atoms with E-state index in [1.807, 2.05) is 5.32 Å². The van der Waals surface area contributed by atoms with Crippen LogP contribution in [-0.4, -0.2) is 32.1 Å². The monoisotopic (exact) mass is 207 g/mol. The third-order valence-electron chi connectivity index (χ3n) is 1.54. The molecule has 0 radical (unpaired) electrons. The summed E-state index contributed by atoms with van der Waals surface area (Å²) in [6.07, 6.45) is -1.41. The molecule has 0 aromatic carbocycles. The molecule has 1 saturated heterocycles. The Morgan fingerprint density at radius 2 is 2.15 bits per heavy atom. The molecule has 1 heterocycles. The fourth-order valence-corrected chi connectivity index (χ4v) is 1.50. The second-order valence-corrected chi connectivity index (χ2v) is 4.43.